The normalized spacial score (nSPS) is 20.5. The minimum absolute atomic E-state index is 0. The first-order valence-corrected chi connectivity index (χ1v) is 5.49. The summed E-state index contributed by atoms with van der Waals surface area (Å²) < 4.78 is 6.47. The quantitative estimate of drug-likeness (QED) is 0.903. The van der Waals surface area contributed by atoms with Crippen molar-refractivity contribution in [1.29, 1.82) is 0 Å². The number of hydrogen-bond acceptors (Lipinski definition) is 4. The van der Waals surface area contributed by atoms with Crippen LogP contribution in [0.1, 0.15) is 12.8 Å². The van der Waals surface area contributed by atoms with Gasteiger partial charge in [0.05, 0.1) is 4.47 Å². The summed E-state index contributed by atoms with van der Waals surface area (Å²) in [6, 6.07) is 0.460. The summed E-state index contributed by atoms with van der Waals surface area (Å²) in [7, 11) is 0. The fourth-order valence-electron chi connectivity index (χ4n) is 1.43. The van der Waals surface area contributed by atoms with Crippen molar-refractivity contribution in [3.63, 3.8) is 0 Å². The lowest BCUT2D eigenvalue weighted by Gasteiger charge is -2.22. The smallest absolute Gasteiger partial charge is 0.316 e. The molecule has 4 nitrogen and oxygen atoms in total. The van der Waals surface area contributed by atoms with Crippen LogP contribution in [0.2, 0.25) is 0 Å². The average molecular weight is 295 g/mol. The van der Waals surface area contributed by atoms with Gasteiger partial charge in [0.25, 0.3) is 0 Å². The summed E-state index contributed by atoms with van der Waals surface area (Å²) in [5, 5.41) is 3.28. The molecule has 1 fully saturated rings. The zero-order chi connectivity index (χ0) is 9.80. The van der Waals surface area contributed by atoms with Crippen LogP contribution in [0.4, 0.5) is 0 Å². The van der Waals surface area contributed by atoms with Crippen LogP contribution < -0.4 is 10.1 Å². The molecule has 84 valence electrons. The van der Waals surface area contributed by atoms with Crippen molar-refractivity contribution in [2.75, 3.05) is 13.1 Å². The molecular weight excluding hydrogens is 281 g/mol. The number of nitrogens with one attached hydrogen (secondary N) is 1. The first-order chi connectivity index (χ1) is 6.84. The van der Waals surface area contributed by atoms with Gasteiger partial charge in [-0.3, -0.25) is 0 Å². The molecule has 1 aromatic heterocycles. The molecule has 2 rings (SSSR count). The van der Waals surface area contributed by atoms with Crippen LogP contribution >= 0.6 is 28.3 Å². The van der Waals surface area contributed by atoms with E-state index in [4.69, 9.17) is 4.74 Å². The summed E-state index contributed by atoms with van der Waals surface area (Å²) in [6.45, 7) is 1.97. The molecule has 6 heteroatoms. The molecule has 0 amide bonds. The molecule has 15 heavy (non-hydrogen) atoms. The van der Waals surface area contributed by atoms with Gasteiger partial charge in [-0.1, -0.05) is 0 Å². The third-order valence-corrected chi connectivity index (χ3v) is 2.53. The minimum Gasteiger partial charge on any atom is -0.459 e. The van der Waals surface area contributed by atoms with Crippen molar-refractivity contribution in [1.82, 2.24) is 15.3 Å². The van der Waals surface area contributed by atoms with Crippen molar-refractivity contribution in [3.8, 4) is 6.01 Å². The summed E-state index contributed by atoms with van der Waals surface area (Å²) in [6.07, 6.45) is 5.83. The largest absolute Gasteiger partial charge is 0.459 e. The van der Waals surface area contributed by atoms with Crippen molar-refractivity contribution < 1.29 is 4.74 Å². The Balaban J connectivity index is 0.00000112. The van der Waals surface area contributed by atoms with Gasteiger partial charge in [-0.05, 0) is 35.3 Å². The van der Waals surface area contributed by atoms with Gasteiger partial charge in [-0.2, -0.15) is 0 Å². The number of ether oxygens (including phenoxy) is 1. The van der Waals surface area contributed by atoms with E-state index in [1.807, 2.05) is 0 Å². The lowest BCUT2D eigenvalue weighted by atomic mass is 10.1. The van der Waals surface area contributed by atoms with Gasteiger partial charge in [0.2, 0.25) is 0 Å². The first-order valence-electron chi connectivity index (χ1n) is 4.69. The van der Waals surface area contributed by atoms with Crippen LogP contribution in [-0.4, -0.2) is 29.2 Å². The average Bonchev–Trinajstić information content (AvgIpc) is 2.23. The van der Waals surface area contributed by atoms with E-state index in [2.05, 4.69) is 31.2 Å². The van der Waals surface area contributed by atoms with Crippen LogP contribution in [0.3, 0.4) is 0 Å². The second-order valence-electron chi connectivity index (χ2n) is 3.27. The SMILES string of the molecule is Brc1cnc(OC2CCCNC2)nc1.Cl. The van der Waals surface area contributed by atoms with Gasteiger partial charge in [-0.25, -0.2) is 9.97 Å². The molecular formula is C9H13BrClN3O. The Morgan fingerprint density at radius 1 is 1.40 bits per heavy atom. The zero-order valence-electron chi connectivity index (χ0n) is 8.15. The maximum Gasteiger partial charge on any atom is 0.316 e. The molecule has 0 radical (unpaired) electrons. The van der Waals surface area contributed by atoms with Crippen molar-refractivity contribution in [3.05, 3.63) is 16.9 Å². The van der Waals surface area contributed by atoms with Gasteiger partial charge in [-0.15, -0.1) is 12.4 Å². The molecule has 0 aromatic carbocycles. The number of nitrogens with zero attached hydrogens (tertiary/aromatic N) is 2. The fourth-order valence-corrected chi connectivity index (χ4v) is 1.64. The molecule has 0 spiro atoms. The molecule has 1 saturated heterocycles. The van der Waals surface area contributed by atoms with Gasteiger partial charge in [0.1, 0.15) is 6.10 Å². The summed E-state index contributed by atoms with van der Waals surface area (Å²) >= 11 is 3.28. The summed E-state index contributed by atoms with van der Waals surface area (Å²) in [5.41, 5.74) is 0. The molecule has 1 N–H and O–H groups in total. The third-order valence-electron chi connectivity index (χ3n) is 2.12. The minimum atomic E-state index is 0. The van der Waals surface area contributed by atoms with Crippen LogP contribution in [0.25, 0.3) is 0 Å². The molecule has 2 heterocycles. The molecule has 1 aliphatic rings. The van der Waals surface area contributed by atoms with E-state index in [9.17, 15) is 0 Å². The van der Waals surface area contributed by atoms with Gasteiger partial charge in [0.15, 0.2) is 0 Å². The first kappa shape index (κ1) is 12.7. The molecule has 1 aromatic rings. The van der Waals surface area contributed by atoms with Crippen molar-refractivity contribution in [2.24, 2.45) is 0 Å². The monoisotopic (exact) mass is 293 g/mol. The predicted octanol–water partition coefficient (Wildman–Crippen LogP) is 1.79. The Morgan fingerprint density at radius 2 is 2.13 bits per heavy atom. The lowest BCUT2D eigenvalue weighted by Crippen LogP contribution is -2.37. The van der Waals surface area contributed by atoms with Crippen LogP contribution in [0.5, 0.6) is 6.01 Å². The highest BCUT2D eigenvalue weighted by molar-refractivity contribution is 9.10. The van der Waals surface area contributed by atoms with Crippen LogP contribution in [-0.2, 0) is 0 Å². The van der Waals surface area contributed by atoms with E-state index in [0.29, 0.717) is 6.01 Å². The van der Waals surface area contributed by atoms with E-state index < -0.39 is 0 Å². The standard InChI is InChI=1S/C9H12BrN3O.ClH/c10-7-4-12-9(13-5-7)14-8-2-1-3-11-6-8;/h4-5,8,11H,1-3,6H2;1H. The van der Waals surface area contributed by atoms with Crippen molar-refractivity contribution in [2.45, 2.75) is 18.9 Å². The molecule has 1 aliphatic heterocycles. The summed E-state index contributed by atoms with van der Waals surface area (Å²) in [5.74, 6) is 0. The predicted molar refractivity (Wildman–Crippen MR) is 63.5 cm³/mol. The van der Waals surface area contributed by atoms with Gasteiger partial charge in [0, 0.05) is 18.9 Å². The molecule has 0 saturated carbocycles. The van der Waals surface area contributed by atoms with Crippen molar-refractivity contribution >= 4 is 28.3 Å². The Bertz CT molecular complexity index is 290. The van der Waals surface area contributed by atoms with E-state index >= 15 is 0 Å². The fraction of sp³-hybridized carbons (Fsp3) is 0.556. The van der Waals surface area contributed by atoms with E-state index in [1.54, 1.807) is 12.4 Å². The highest BCUT2D eigenvalue weighted by Gasteiger charge is 2.15. The maximum absolute atomic E-state index is 5.60. The van der Waals surface area contributed by atoms with E-state index in [0.717, 1.165) is 30.4 Å². The van der Waals surface area contributed by atoms with Crippen LogP contribution in [0, 0.1) is 0 Å². The number of piperidine rings is 1. The zero-order valence-corrected chi connectivity index (χ0v) is 10.6. The van der Waals surface area contributed by atoms with E-state index in [-0.39, 0.29) is 18.5 Å². The topological polar surface area (TPSA) is 47.0 Å². The number of aromatic nitrogens is 2. The summed E-state index contributed by atoms with van der Waals surface area (Å²) in [4.78, 5) is 8.13. The highest BCUT2D eigenvalue weighted by atomic mass is 79.9. The third kappa shape index (κ3) is 3.93. The number of halogens is 2. The Kier molecular flexibility index (Phi) is 5.28. The molecule has 0 bridgehead atoms. The Hall–Kier alpha value is -0.390. The second-order valence-corrected chi connectivity index (χ2v) is 4.19. The highest BCUT2D eigenvalue weighted by Crippen LogP contribution is 2.12. The van der Waals surface area contributed by atoms with Gasteiger partial charge < -0.3 is 10.1 Å². The second kappa shape index (κ2) is 6.25. The maximum atomic E-state index is 5.60. The number of rotatable bonds is 2. The van der Waals surface area contributed by atoms with Gasteiger partial charge >= 0.3 is 6.01 Å². The Labute approximate surface area is 103 Å². The lowest BCUT2D eigenvalue weighted by molar-refractivity contribution is 0.153. The van der Waals surface area contributed by atoms with E-state index in [1.165, 1.54) is 0 Å². The molecule has 1 unspecified atom stereocenters. The number of hydrogen-bond donors (Lipinski definition) is 1. The van der Waals surface area contributed by atoms with Crippen LogP contribution in [0.15, 0.2) is 16.9 Å². The molecule has 1 atom stereocenters. The Morgan fingerprint density at radius 3 is 2.73 bits per heavy atom. The molecule has 0 aliphatic carbocycles.